The SMILES string of the molecule is CCOc1ccc(N2C(=O)/C(=C/c3ccc(-c4ccc(C)cc4Br)o3)C(=O)NC2=S)cc1. The van der Waals surface area contributed by atoms with Gasteiger partial charge in [-0.1, -0.05) is 22.0 Å². The fourth-order valence-electron chi connectivity index (χ4n) is 3.29. The highest BCUT2D eigenvalue weighted by Crippen LogP contribution is 2.31. The summed E-state index contributed by atoms with van der Waals surface area (Å²) >= 11 is 8.79. The molecule has 2 heterocycles. The first-order valence-electron chi connectivity index (χ1n) is 9.88. The molecule has 0 aliphatic carbocycles. The number of carbonyl (C=O) groups excluding carboxylic acids is 2. The lowest BCUT2D eigenvalue weighted by Gasteiger charge is -2.28. The number of hydrogen-bond acceptors (Lipinski definition) is 5. The van der Waals surface area contributed by atoms with Crippen molar-refractivity contribution in [1.82, 2.24) is 5.32 Å². The van der Waals surface area contributed by atoms with Crippen LogP contribution in [0.25, 0.3) is 17.4 Å². The fraction of sp³-hybridized carbons (Fsp3) is 0.125. The molecule has 0 unspecified atom stereocenters. The molecule has 4 rings (SSSR count). The standard InChI is InChI=1S/C24H19BrN2O4S/c1-3-30-16-7-5-15(6-8-16)27-23(29)19(22(28)26-24(27)32)13-17-9-11-21(31-17)18-10-4-14(2)12-20(18)25/h4-13H,3H2,1-2H3,(H,26,28,32)/b19-13+. The number of ether oxygens (including phenoxy) is 1. The highest BCUT2D eigenvalue weighted by Gasteiger charge is 2.34. The molecule has 2 aromatic carbocycles. The van der Waals surface area contributed by atoms with Crippen LogP contribution in [0.15, 0.2) is 69.1 Å². The van der Waals surface area contributed by atoms with Crippen molar-refractivity contribution < 1.29 is 18.7 Å². The van der Waals surface area contributed by atoms with Gasteiger partial charge < -0.3 is 9.15 Å². The van der Waals surface area contributed by atoms with Crippen LogP contribution in [-0.4, -0.2) is 23.5 Å². The zero-order chi connectivity index (χ0) is 22.8. The van der Waals surface area contributed by atoms with Crippen molar-refractivity contribution in [3.63, 3.8) is 0 Å². The van der Waals surface area contributed by atoms with E-state index in [0.29, 0.717) is 29.6 Å². The number of rotatable bonds is 5. The monoisotopic (exact) mass is 510 g/mol. The molecule has 0 saturated carbocycles. The van der Waals surface area contributed by atoms with Gasteiger partial charge in [0.2, 0.25) is 0 Å². The van der Waals surface area contributed by atoms with Crippen molar-refractivity contribution in [2.24, 2.45) is 0 Å². The molecular weight excluding hydrogens is 492 g/mol. The van der Waals surface area contributed by atoms with Gasteiger partial charge in [-0.15, -0.1) is 0 Å². The van der Waals surface area contributed by atoms with Crippen LogP contribution in [-0.2, 0) is 9.59 Å². The lowest BCUT2D eigenvalue weighted by Crippen LogP contribution is -2.54. The summed E-state index contributed by atoms with van der Waals surface area (Å²) in [7, 11) is 0. The van der Waals surface area contributed by atoms with Crippen molar-refractivity contribution in [3.05, 3.63) is 76.0 Å². The Morgan fingerprint density at radius 1 is 1.12 bits per heavy atom. The van der Waals surface area contributed by atoms with Crippen molar-refractivity contribution >= 4 is 56.8 Å². The van der Waals surface area contributed by atoms with Gasteiger partial charge in [0.25, 0.3) is 11.8 Å². The van der Waals surface area contributed by atoms with E-state index in [-0.39, 0.29) is 10.7 Å². The largest absolute Gasteiger partial charge is 0.494 e. The summed E-state index contributed by atoms with van der Waals surface area (Å²) in [6.45, 7) is 4.43. The average molecular weight is 511 g/mol. The highest BCUT2D eigenvalue weighted by molar-refractivity contribution is 9.10. The lowest BCUT2D eigenvalue weighted by atomic mass is 10.1. The van der Waals surface area contributed by atoms with Crippen LogP contribution < -0.4 is 15.0 Å². The van der Waals surface area contributed by atoms with Gasteiger partial charge in [-0.3, -0.25) is 19.8 Å². The Bertz CT molecular complexity index is 1250. The first-order valence-corrected chi connectivity index (χ1v) is 11.1. The number of benzene rings is 2. The summed E-state index contributed by atoms with van der Waals surface area (Å²) in [5.74, 6) is 0.572. The number of furan rings is 1. The highest BCUT2D eigenvalue weighted by atomic mass is 79.9. The molecule has 1 aromatic heterocycles. The van der Waals surface area contributed by atoms with Crippen LogP contribution in [0.2, 0.25) is 0 Å². The lowest BCUT2D eigenvalue weighted by molar-refractivity contribution is -0.122. The van der Waals surface area contributed by atoms with E-state index in [1.54, 1.807) is 36.4 Å². The Morgan fingerprint density at radius 2 is 1.88 bits per heavy atom. The van der Waals surface area contributed by atoms with Crippen molar-refractivity contribution in [2.75, 3.05) is 11.5 Å². The number of nitrogens with one attached hydrogen (secondary N) is 1. The minimum Gasteiger partial charge on any atom is -0.494 e. The van der Waals surface area contributed by atoms with E-state index in [1.807, 2.05) is 32.0 Å². The zero-order valence-corrected chi connectivity index (χ0v) is 19.7. The van der Waals surface area contributed by atoms with Crippen molar-refractivity contribution in [2.45, 2.75) is 13.8 Å². The Morgan fingerprint density at radius 3 is 2.56 bits per heavy atom. The molecule has 0 spiro atoms. The molecule has 3 aromatic rings. The van der Waals surface area contributed by atoms with E-state index in [2.05, 4.69) is 21.2 Å². The third kappa shape index (κ3) is 4.37. The second-order valence-electron chi connectivity index (χ2n) is 7.07. The Hall–Kier alpha value is -3.23. The molecule has 1 N–H and O–H groups in total. The second kappa shape index (κ2) is 9.10. The Balaban J connectivity index is 1.64. The molecule has 8 heteroatoms. The van der Waals surface area contributed by atoms with Crippen molar-refractivity contribution in [3.8, 4) is 17.1 Å². The van der Waals surface area contributed by atoms with E-state index in [4.69, 9.17) is 21.4 Å². The van der Waals surface area contributed by atoms with Gasteiger partial charge in [-0.05, 0) is 86.2 Å². The number of halogens is 1. The molecule has 1 aliphatic rings. The smallest absolute Gasteiger partial charge is 0.270 e. The quantitative estimate of drug-likeness (QED) is 0.288. The summed E-state index contributed by atoms with van der Waals surface area (Å²) in [6.07, 6.45) is 1.42. The molecule has 0 atom stereocenters. The topological polar surface area (TPSA) is 71.8 Å². The van der Waals surface area contributed by atoms with E-state index in [1.165, 1.54) is 11.0 Å². The van der Waals surface area contributed by atoms with E-state index < -0.39 is 11.8 Å². The number of thiocarbonyl (C=S) groups is 1. The third-order valence-electron chi connectivity index (χ3n) is 4.81. The summed E-state index contributed by atoms with van der Waals surface area (Å²) in [5, 5.41) is 2.59. The zero-order valence-electron chi connectivity index (χ0n) is 17.3. The second-order valence-corrected chi connectivity index (χ2v) is 8.31. The van der Waals surface area contributed by atoms with E-state index in [9.17, 15) is 9.59 Å². The average Bonchev–Trinajstić information content (AvgIpc) is 3.21. The first-order chi connectivity index (χ1) is 15.4. The molecule has 1 aliphatic heterocycles. The van der Waals surface area contributed by atoms with E-state index in [0.717, 1.165) is 15.6 Å². The van der Waals surface area contributed by atoms with Gasteiger partial charge >= 0.3 is 0 Å². The fourth-order valence-corrected chi connectivity index (χ4v) is 4.26. The minimum absolute atomic E-state index is 0.0185. The molecule has 1 fully saturated rings. The Kier molecular flexibility index (Phi) is 6.25. The maximum absolute atomic E-state index is 13.2. The molecule has 162 valence electrons. The molecule has 32 heavy (non-hydrogen) atoms. The number of carbonyl (C=O) groups is 2. The normalized spacial score (nSPS) is 15.3. The van der Waals surface area contributed by atoms with Crippen LogP contribution in [0.5, 0.6) is 5.75 Å². The maximum atomic E-state index is 13.2. The number of nitrogens with zero attached hydrogens (tertiary/aromatic N) is 1. The summed E-state index contributed by atoms with van der Waals surface area (Å²) in [6, 6.07) is 16.3. The predicted octanol–water partition coefficient (Wildman–Crippen LogP) is 5.25. The number of amides is 2. The van der Waals surface area contributed by atoms with Crippen LogP contribution >= 0.6 is 28.1 Å². The summed E-state index contributed by atoms with van der Waals surface area (Å²) in [5.41, 5.74) is 2.44. The third-order valence-corrected chi connectivity index (χ3v) is 5.75. The van der Waals surface area contributed by atoms with Gasteiger partial charge in [0.05, 0.1) is 12.3 Å². The molecule has 0 bridgehead atoms. The van der Waals surface area contributed by atoms with Crippen molar-refractivity contribution in [1.29, 1.82) is 0 Å². The molecule has 2 amide bonds. The van der Waals surface area contributed by atoms with Gasteiger partial charge in [0, 0.05) is 10.0 Å². The van der Waals surface area contributed by atoms with Gasteiger partial charge in [-0.25, -0.2) is 0 Å². The Labute approximate surface area is 199 Å². The predicted molar refractivity (Wildman–Crippen MR) is 130 cm³/mol. The molecule has 1 saturated heterocycles. The minimum atomic E-state index is -0.573. The number of aryl methyl sites for hydroxylation is 1. The molecule has 6 nitrogen and oxygen atoms in total. The number of anilines is 1. The number of hydrogen-bond donors (Lipinski definition) is 1. The molecular formula is C24H19BrN2O4S. The van der Waals surface area contributed by atoms with Gasteiger partial charge in [-0.2, -0.15) is 0 Å². The van der Waals surface area contributed by atoms with Gasteiger partial charge in [0.1, 0.15) is 22.8 Å². The van der Waals surface area contributed by atoms with Crippen LogP contribution in [0, 0.1) is 6.92 Å². The van der Waals surface area contributed by atoms with Crippen LogP contribution in [0.3, 0.4) is 0 Å². The maximum Gasteiger partial charge on any atom is 0.270 e. The van der Waals surface area contributed by atoms with Gasteiger partial charge in [0.15, 0.2) is 5.11 Å². The van der Waals surface area contributed by atoms with Crippen LogP contribution in [0.1, 0.15) is 18.2 Å². The summed E-state index contributed by atoms with van der Waals surface area (Å²) < 4.78 is 12.2. The van der Waals surface area contributed by atoms with E-state index >= 15 is 0 Å². The molecule has 0 radical (unpaired) electrons. The van der Waals surface area contributed by atoms with Crippen LogP contribution in [0.4, 0.5) is 5.69 Å². The first kappa shape index (κ1) is 22.0. The summed E-state index contributed by atoms with van der Waals surface area (Å²) in [4.78, 5) is 27.0.